The molecule has 0 unspecified atom stereocenters. The van der Waals surface area contributed by atoms with Crippen molar-refractivity contribution in [3.8, 4) is 11.4 Å². The van der Waals surface area contributed by atoms with Crippen molar-refractivity contribution in [3.05, 3.63) is 35.7 Å². The molecule has 2 aromatic rings. The summed E-state index contributed by atoms with van der Waals surface area (Å²) in [5.41, 5.74) is 1.32. The van der Waals surface area contributed by atoms with E-state index in [2.05, 4.69) is 10.1 Å². The van der Waals surface area contributed by atoms with Crippen LogP contribution < -0.4 is 0 Å². The minimum Gasteiger partial charge on any atom is -0.462 e. The Balaban J connectivity index is 2.19. The summed E-state index contributed by atoms with van der Waals surface area (Å²) in [6, 6.07) is 6.94. The molecular weight excluding hydrogens is 244 g/mol. The predicted molar refractivity (Wildman–Crippen MR) is 69.8 cm³/mol. The van der Waals surface area contributed by atoms with Crippen LogP contribution in [0.3, 0.4) is 0 Å². The average molecular weight is 260 g/mol. The van der Waals surface area contributed by atoms with Gasteiger partial charge in [-0.3, -0.25) is 0 Å². The van der Waals surface area contributed by atoms with Crippen LogP contribution in [0.5, 0.6) is 0 Å². The van der Waals surface area contributed by atoms with E-state index in [1.165, 1.54) is 0 Å². The maximum absolute atomic E-state index is 11.5. The van der Waals surface area contributed by atoms with Gasteiger partial charge < -0.3 is 9.26 Å². The topological polar surface area (TPSA) is 65.2 Å². The van der Waals surface area contributed by atoms with Crippen molar-refractivity contribution in [3.63, 3.8) is 0 Å². The average Bonchev–Trinajstić information content (AvgIpc) is 2.89. The predicted octanol–water partition coefficient (Wildman–Crippen LogP) is 3.04. The van der Waals surface area contributed by atoms with Gasteiger partial charge in [0, 0.05) is 11.5 Å². The molecule has 0 saturated carbocycles. The molecule has 19 heavy (non-hydrogen) atoms. The molecule has 1 heterocycles. The van der Waals surface area contributed by atoms with Crippen LogP contribution in [-0.4, -0.2) is 22.7 Å². The third-order valence-corrected chi connectivity index (χ3v) is 2.59. The monoisotopic (exact) mass is 260 g/mol. The Morgan fingerprint density at radius 3 is 2.53 bits per heavy atom. The van der Waals surface area contributed by atoms with Crippen molar-refractivity contribution in [2.24, 2.45) is 0 Å². The summed E-state index contributed by atoms with van der Waals surface area (Å²) in [4.78, 5) is 15.8. The van der Waals surface area contributed by atoms with Crippen LogP contribution in [0.25, 0.3) is 11.4 Å². The second kappa shape index (κ2) is 5.65. The highest BCUT2D eigenvalue weighted by Gasteiger charge is 2.12. The van der Waals surface area contributed by atoms with E-state index in [1.807, 2.05) is 13.8 Å². The van der Waals surface area contributed by atoms with E-state index in [0.717, 1.165) is 5.56 Å². The second-order valence-electron chi connectivity index (χ2n) is 4.41. The molecule has 0 radical (unpaired) electrons. The second-order valence-corrected chi connectivity index (χ2v) is 4.41. The van der Waals surface area contributed by atoms with Crippen LogP contribution in [0, 0.1) is 0 Å². The quantitative estimate of drug-likeness (QED) is 0.790. The molecule has 5 nitrogen and oxygen atoms in total. The fourth-order valence-corrected chi connectivity index (χ4v) is 1.56. The summed E-state index contributed by atoms with van der Waals surface area (Å²) in [7, 11) is 0. The molecule has 5 heteroatoms. The standard InChI is InChI=1S/C14H16N2O3/c1-4-18-14(17)11-7-5-10(6-8-11)12-15-13(9(2)3)19-16-12/h5-9H,4H2,1-3H3. The van der Waals surface area contributed by atoms with Crippen molar-refractivity contribution in [2.45, 2.75) is 26.7 Å². The van der Waals surface area contributed by atoms with Gasteiger partial charge in [0.1, 0.15) is 0 Å². The summed E-state index contributed by atoms with van der Waals surface area (Å²) in [5, 5.41) is 3.92. The molecule has 2 rings (SSSR count). The number of rotatable bonds is 4. The van der Waals surface area contributed by atoms with Crippen LogP contribution in [-0.2, 0) is 4.74 Å². The van der Waals surface area contributed by atoms with Gasteiger partial charge in [-0.05, 0) is 19.1 Å². The van der Waals surface area contributed by atoms with E-state index in [1.54, 1.807) is 31.2 Å². The smallest absolute Gasteiger partial charge is 0.338 e. The van der Waals surface area contributed by atoms with Crippen molar-refractivity contribution in [1.82, 2.24) is 10.1 Å². The first-order chi connectivity index (χ1) is 9.11. The van der Waals surface area contributed by atoms with E-state index in [0.29, 0.717) is 23.9 Å². The van der Waals surface area contributed by atoms with Gasteiger partial charge in [0.25, 0.3) is 0 Å². The number of carbonyl (C=O) groups is 1. The fourth-order valence-electron chi connectivity index (χ4n) is 1.56. The van der Waals surface area contributed by atoms with Crippen LogP contribution in [0.2, 0.25) is 0 Å². The van der Waals surface area contributed by atoms with Gasteiger partial charge in [0.05, 0.1) is 12.2 Å². The minimum absolute atomic E-state index is 0.194. The van der Waals surface area contributed by atoms with E-state index < -0.39 is 0 Å². The van der Waals surface area contributed by atoms with Crippen molar-refractivity contribution in [2.75, 3.05) is 6.61 Å². The maximum atomic E-state index is 11.5. The zero-order valence-electron chi connectivity index (χ0n) is 11.2. The van der Waals surface area contributed by atoms with Gasteiger partial charge in [-0.15, -0.1) is 0 Å². The molecule has 0 saturated heterocycles. The highest BCUT2D eigenvalue weighted by molar-refractivity contribution is 5.89. The highest BCUT2D eigenvalue weighted by atomic mass is 16.5. The molecule has 0 bridgehead atoms. The lowest BCUT2D eigenvalue weighted by Crippen LogP contribution is -2.04. The van der Waals surface area contributed by atoms with Crippen LogP contribution >= 0.6 is 0 Å². The fraction of sp³-hybridized carbons (Fsp3) is 0.357. The molecule has 0 amide bonds. The van der Waals surface area contributed by atoms with E-state index >= 15 is 0 Å². The summed E-state index contributed by atoms with van der Waals surface area (Å²) >= 11 is 0. The summed E-state index contributed by atoms with van der Waals surface area (Å²) in [6.45, 7) is 6.12. The van der Waals surface area contributed by atoms with Crippen LogP contribution in [0.15, 0.2) is 28.8 Å². The Hall–Kier alpha value is -2.17. The number of nitrogens with zero attached hydrogens (tertiary/aromatic N) is 2. The molecule has 0 spiro atoms. The molecular formula is C14H16N2O3. The lowest BCUT2D eigenvalue weighted by molar-refractivity contribution is 0.0526. The molecule has 0 aliphatic carbocycles. The van der Waals surface area contributed by atoms with Crippen LogP contribution in [0.4, 0.5) is 0 Å². The molecule has 0 aliphatic heterocycles. The number of benzene rings is 1. The Labute approximate surface area is 111 Å². The normalized spacial score (nSPS) is 10.7. The van der Waals surface area contributed by atoms with Crippen molar-refractivity contribution >= 4 is 5.97 Å². The Morgan fingerprint density at radius 2 is 2.00 bits per heavy atom. The summed E-state index contributed by atoms with van der Waals surface area (Å²) in [5.74, 6) is 0.994. The SMILES string of the molecule is CCOC(=O)c1ccc(-c2noc(C(C)C)n2)cc1. The van der Waals surface area contributed by atoms with Gasteiger partial charge in [0.15, 0.2) is 0 Å². The maximum Gasteiger partial charge on any atom is 0.338 e. The third-order valence-electron chi connectivity index (χ3n) is 2.59. The molecule has 0 N–H and O–H groups in total. The largest absolute Gasteiger partial charge is 0.462 e. The van der Waals surface area contributed by atoms with E-state index in [-0.39, 0.29) is 11.9 Å². The molecule has 100 valence electrons. The van der Waals surface area contributed by atoms with Gasteiger partial charge in [0.2, 0.25) is 11.7 Å². The number of esters is 1. The van der Waals surface area contributed by atoms with Crippen molar-refractivity contribution < 1.29 is 14.1 Å². The first-order valence-corrected chi connectivity index (χ1v) is 6.23. The Morgan fingerprint density at radius 1 is 1.32 bits per heavy atom. The first kappa shape index (κ1) is 13.3. The van der Waals surface area contributed by atoms with E-state index in [9.17, 15) is 4.79 Å². The number of hydrogen-bond donors (Lipinski definition) is 0. The zero-order chi connectivity index (χ0) is 13.8. The molecule has 1 aromatic carbocycles. The summed E-state index contributed by atoms with van der Waals surface area (Å²) in [6.07, 6.45) is 0. The van der Waals surface area contributed by atoms with E-state index in [4.69, 9.17) is 9.26 Å². The van der Waals surface area contributed by atoms with Gasteiger partial charge in [-0.1, -0.05) is 31.1 Å². The molecule has 0 atom stereocenters. The molecule has 0 fully saturated rings. The summed E-state index contributed by atoms with van der Waals surface area (Å²) < 4.78 is 10.1. The lowest BCUT2D eigenvalue weighted by Gasteiger charge is -2.01. The Bertz CT molecular complexity index is 558. The number of hydrogen-bond acceptors (Lipinski definition) is 5. The zero-order valence-corrected chi connectivity index (χ0v) is 11.2. The van der Waals surface area contributed by atoms with Gasteiger partial charge in [-0.2, -0.15) is 4.98 Å². The van der Waals surface area contributed by atoms with Crippen molar-refractivity contribution in [1.29, 1.82) is 0 Å². The minimum atomic E-state index is -0.329. The lowest BCUT2D eigenvalue weighted by atomic mass is 10.1. The number of aromatic nitrogens is 2. The third kappa shape index (κ3) is 2.99. The van der Waals surface area contributed by atoms with Gasteiger partial charge in [-0.25, -0.2) is 4.79 Å². The number of ether oxygens (including phenoxy) is 1. The highest BCUT2D eigenvalue weighted by Crippen LogP contribution is 2.20. The van der Waals surface area contributed by atoms with Gasteiger partial charge >= 0.3 is 5.97 Å². The first-order valence-electron chi connectivity index (χ1n) is 6.23. The Kier molecular flexibility index (Phi) is 3.94. The van der Waals surface area contributed by atoms with Crippen LogP contribution in [0.1, 0.15) is 42.9 Å². The molecule has 1 aromatic heterocycles. The number of carbonyl (C=O) groups excluding carboxylic acids is 1. The molecule has 0 aliphatic rings.